The van der Waals surface area contributed by atoms with E-state index < -0.39 is 29.2 Å². The topological polar surface area (TPSA) is 168 Å². The summed E-state index contributed by atoms with van der Waals surface area (Å²) in [5, 5.41) is 21.9. The first kappa shape index (κ1) is 23.7. The molecule has 186 valence electrons. The summed E-state index contributed by atoms with van der Waals surface area (Å²) in [7, 11) is 1.28. The Morgan fingerprint density at radius 2 is 2.25 bits per heavy atom. The van der Waals surface area contributed by atoms with E-state index in [1.807, 2.05) is 29.8 Å². The molecule has 0 aromatic carbocycles. The zero-order chi connectivity index (χ0) is 25.6. The molecule has 15 heteroatoms. The fourth-order valence-corrected chi connectivity index (χ4v) is 6.13. The van der Waals surface area contributed by atoms with Gasteiger partial charge in [0, 0.05) is 27.4 Å². The predicted octanol–water partition coefficient (Wildman–Crippen LogP) is -0.242. The number of carboxylic acids is 1. The molecule has 5 rings (SSSR count). The van der Waals surface area contributed by atoms with Crippen molar-refractivity contribution in [2.75, 3.05) is 18.6 Å². The third kappa shape index (κ3) is 3.95. The molecular weight excluding hydrogens is 508 g/mol. The molecule has 0 radical (unpaired) electrons. The Morgan fingerprint density at radius 3 is 2.94 bits per heavy atom. The van der Waals surface area contributed by atoms with Crippen molar-refractivity contribution in [1.29, 1.82) is 0 Å². The van der Waals surface area contributed by atoms with Crippen LogP contribution in [0, 0.1) is 6.92 Å². The van der Waals surface area contributed by atoms with Gasteiger partial charge in [0.2, 0.25) is 0 Å². The zero-order valence-electron chi connectivity index (χ0n) is 19.1. The van der Waals surface area contributed by atoms with Crippen LogP contribution in [0.15, 0.2) is 46.5 Å². The van der Waals surface area contributed by atoms with Crippen LogP contribution in [0.4, 0.5) is 5.13 Å². The lowest BCUT2D eigenvalue weighted by Gasteiger charge is -2.49. The molecule has 0 unspecified atom stereocenters. The highest BCUT2D eigenvalue weighted by atomic mass is 32.2. The Labute approximate surface area is 212 Å². The van der Waals surface area contributed by atoms with Gasteiger partial charge in [-0.1, -0.05) is 9.67 Å². The molecule has 36 heavy (non-hydrogen) atoms. The number of thiazole rings is 1. The van der Waals surface area contributed by atoms with Crippen molar-refractivity contribution in [2.24, 2.45) is 5.16 Å². The summed E-state index contributed by atoms with van der Waals surface area (Å²) in [6.07, 6.45) is 3.44. The van der Waals surface area contributed by atoms with Crippen LogP contribution in [0.2, 0.25) is 0 Å². The molecular formula is C21H21N8O5S2+. The van der Waals surface area contributed by atoms with E-state index in [0.29, 0.717) is 11.3 Å². The van der Waals surface area contributed by atoms with E-state index in [-0.39, 0.29) is 28.8 Å². The van der Waals surface area contributed by atoms with Crippen molar-refractivity contribution in [2.45, 2.75) is 24.9 Å². The number of rotatable bonds is 7. The monoisotopic (exact) mass is 529 g/mol. The number of nitrogens with zero attached hydrogens (tertiary/aromatic N) is 6. The van der Waals surface area contributed by atoms with Crippen LogP contribution >= 0.6 is 23.1 Å². The molecule has 2 aliphatic rings. The van der Waals surface area contributed by atoms with Gasteiger partial charge < -0.3 is 21.0 Å². The maximum atomic E-state index is 13.1. The fraction of sp³-hybridized carbons (Fsp3) is 0.286. The number of carbonyl (C=O) groups is 3. The number of nitrogens with two attached hydrogens (primary N) is 1. The lowest BCUT2D eigenvalue weighted by molar-refractivity contribution is -0.664. The summed E-state index contributed by atoms with van der Waals surface area (Å²) in [5.74, 6) is -2.04. The lowest BCUT2D eigenvalue weighted by Crippen LogP contribution is -2.71. The zero-order valence-corrected chi connectivity index (χ0v) is 20.7. The minimum atomic E-state index is -1.21. The van der Waals surface area contributed by atoms with Gasteiger partial charge in [0.25, 0.3) is 23.8 Å². The van der Waals surface area contributed by atoms with E-state index in [0.717, 1.165) is 22.5 Å². The second-order valence-electron chi connectivity index (χ2n) is 8.03. The van der Waals surface area contributed by atoms with E-state index >= 15 is 0 Å². The first-order valence-corrected chi connectivity index (χ1v) is 12.6. The molecule has 13 nitrogen and oxygen atoms in total. The Kier molecular flexibility index (Phi) is 6.09. The molecule has 0 bridgehead atoms. The third-order valence-electron chi connectivity index (χ3n) is 5.79. The maximum Gasteiger partial charge on any atom is 0.352 e. The number of aryl methyl sites for hydroxylation is 1. The molecule has 0 spiro atoms. The van der Waals surface area contributed by atoms with Gasteiger partial charge in [-0.15, -0.1) is 23.1 Å². The average Bonchev–Trinajstić information content (AvgIpc) is 3.47. The second-order valence-corrected chi connectivity index (χ2v) is 10.0. The Morgan fingerprint density at radius 1 is 1.44 bits per heavy atom. The van der Waals surface area contributed by atoms with Crippen LogP contribution in [-0.2, 0) is 25.8 Å². The second kappa shape index (κ2) is 9.23. The summed E-state index contributed by atoms with van der Waals surface area (Å²) < 4.78 is 3.57. The van der Waals surface area contributed by atoms with Crippen LogP contribution in [0.5, 0.6) is 0 Å². The number of oxime groups is 1. The van der Waals surface area contributed by atoms with Crippen molar-refractivity contribution in [3.8, 4) is 0 Å². The molecule has 2 atom stereocenters. The number of carbonyl (C=O) groups excluding carboxylic acids is 2. The highest BCUT2D eigenvalue weighted by molar-refractivity contribution is 8.00. The highest BCUT2D eigenvalue weighted by Crippen LogP contribution is 2.40. The van der Waals surface area contributed by atoms with E-state index in [1.165, 1.54) is 23.8 Å². The van der Waals surface area contributed by atoms with Gasteiger partial charge in [-0.3, -0.25) is 14.5 Å². The Balaban J connectivity index is 1.38. The van der Waals surface area contributed by atoms with E-state index in [9.17, 15) is 19.5 Å². The SMILES string of the molecule is CON=C(C(=O)N[C@@H]1C(=O)N2C(C(=O)O)=C(C[n+]3cnn4cccc(C)c43)CS[C@@H]12)c1csc(N)n1. The van der Waals surface area contributed by atoms with Crippen LogP contribution < -0.4 is 15.6 Å². The fourth-order valence-electron chi connectivity index (χ4n) is 4.25. The number of thioether (sulfide) groups is 1. The minimum absolute atomic E-state index is 0.0762. The quantitative estimate of drug-likeness (QED) is 0.162. The van der Waals surface area contributed by atoms with Crippen LogP contribution in [0.3, 0.4) is 0 Å². The number of nitrogen functional groups attached to an aromatic ring is 1. The Hall–Kier alpha value is -3.98. The molecule has 4 N–H and O–H groups in total. The molecule has 3 aromatic rings. The molecule has 0 saturated carbocycles. The summed E-state index contributed by atoms with van der Waals surface area (Å²) in [6.45, 7) is 2.20. The normalized spacial score (nSPS) is 19.8. The van der Waals surface area contributed by atoms with Crippen molar-refractivity contribution in [3.05, 3.63) is 52.6 Å². The molecule has 1 fully saturated rings. The van der Waals surface area contributed by atoms with E-state index in [4.69, 9.17) is 10.6 Å². The molecule has 1 saturated heterocycles. The van der Waals surface area contributed by atoms with Crippen LogP contribution in [0.1, 0.15) is 11.3 Å². The predicted molar refractivity (Wildman–Crippen MR) is 130 cm³/mol. The molecule has 5 heterocycles. The highest BCUT2D eigenvalue weighted by Gasteiger charge is 2.54. The summed E-state index contributed by atoms with van der Waals surface area (Å²) in [5.41, 5.74) is 8.04. The first-order valence-electron chi connectivity index (χ1n) is 10.7. The number of aliphatic carboxylic acids is 1. The molecule has 0 aliphatic carbocycles. The van der Waals surface area contributed by atoms with Gasteiger partial charge in [-0.2, -0.15) is 0 Å². The number of pyridine rings is 1. The summed E-state index contributed by atoms with van der Waals surface area (Å²) in [4.78, 5) is 48.2. The van der Waals surface area contributed by atoms with Crippen molar-refractivity contribution < 1.29 is 28.9 Å². The molecule has 2 amide bonds. The van der Waals surface area contributed by atoms with Gasteiger partial charge in [-0.25, -0.2) is 14.3 Å². The minimum Gasteiger partial charge on any atom is -0.477 e. The molecule has 3 aromatic heterocycles. The molecule has 2 aliphatic heterocycles. The summed E-state index contributed by atoms with van der Waals surface area (Å²) >= 11 is 2.51. The third-order valence-corrected chi connectivity index (χ3v) is 7.80. The number of aromatic nitrogens is 4. The van der Waals surface area contributed by atoms with Crippen molar-refractivity contribution >= 4 is 57.4 Å². The van der Waals surface area contributed by atoms with Crippen molar-refractivity contribution in [3.63, 3.8) is 0 Å². The number of carboxylic acid groups (broad SMARTS) is 1. The Bertz CT molecular complexity index is 1460. The van der Waals surface area contributed by atoms with Gasteiger partial charge in [0.05, 0.1) is 6.54 Å². The smallest absolute Gasteiger partial charge is 0.352 e. The number of amides is 2. The largest absolute Gasteiger partial charge is 0.477 e. The number of anilines is 1. The van der Waals surface area contributed by atoms with Crippen molar-refractivity contribution in [1.82, 2.24) is 24.8 Å². The number of hydrogen-bond acceptors (Lipinski definition) is 10. The summed E-state index contributed by atoms with van der Waals surface area (Å²) in [6, 6.07) is 2.89. The lowest BCUT2D eigenvalue weighted by atomic mass is 10.0. The number of nitrogens with one attached hydrogen (secondary N) is 1. The van der Waals surface area contributed by atoms with Crippen LogP contribution in [-0.4, -0.2) is 72.4 Å². The average molecular weight is 530 g/mol. The van der Waals surface area contributed by atoms with Crippen LogP contribution in [0.25, 0.3) is 5.65 Å². The number of hydrogen-bond donors (Lipinski definition) is 3. The first-order chi connectivity index (χ1) is 17.3. The number of fused-ring (bicyclic) bond motifs is 2. The van der Waals surface area contributed by atoms with Gasteiger partial charge >= 0.3 is 5.97 Å². The van der Waals surface area contributed by atoms with Gasteiger partial charge in [-0.05, 0) is 19.1 Å². The maximum absolute atomic E-state index is 13.1. The van der Waals surface area contributed by atoms with E-state index in [2.05, 4.69) is 20.6 Å². The van der Waals surface area contributed by atoms with Gasteiger partial charge in [0.15, 0.2) is 10.8 Å². The van der Waals surface area contributed by atoms with E-state index in [1.54, 1.807) is 16.2 Å². The standard InChI is InChI=1S/C21H20N8O5S2/c1-10-4-3-5-28-17(10)27(9-23-28)6-11-7-35-19-14(18(31)29(19)15(11)20(32)33)25-16(30)13(26-34-2)12-8-36-21(22)24-12/h3-5,8-9,14,19H,6-7H2,1-2H3,(H3-,22,24,25,30,32,33)/p+1/t14-,19+/m1/s1. The van der Waals surface area contributed by atoms with Gasteiger partial charge in [0.1, 0.15) is 36.1 Å². The number of β-lactam (4-membered cyclic amide) rings is 1.